The molecule has 0 aromatic carbocycles. The minimum absolute atomic E-state index is 0.138. The van der Waals surface area contributed by atoms with Gasteiger partial charge < -0.3 is 24.2 Å². The molecular formula is C62H107O11P. The van der Waals surface area contributed by atoms with Crippen LogP contribution in [0.25, 0.3) is 0 Å². The fourth-order valence-electron chi connectivity index (χ4n) is 7.78. The average molecular weight is 1060 g/mol. The van der Waals surface area contributed by atoms with E-state index in [-0.39, 0.29) is 25.9 Å². The summed E-state index contributed by atoms with van der Waals surface area (Å²) >= 11 is 0. The Morgan fingerprint density at radius 3 is 1.09 bits per heavy atom. The van der Waals surface area contributed by atoms with Crippen molar-refractivity contribution in [1.82, 2.24) is 0 Å². The van der Waals surface area contributed by atoms with Gasteiger partial charge in [0.1, 0.15) is 12.7 Å². The minimum atomic E-state index is -4.76. The molecule has 3 atom stereocenters. The van der Waals surface area contributed by atoms with Crippen LogP contribution in [0.3, 0.4) is 0 Å². The summed E-state index contributed by atoms with van der Waals surface area (Å²) in [7, 11) is -4.76. The molecule has 2 N–H and O–H groups in total. The first kappa shape index (κ1) is 70.7. The molecule has 12 heteroatoms. The highest BCUT2D eigenvalue weighted by Crippen LogP contribution is 2.43. The monoisotopic (exact) mass is 1060 g/mol. The zero-order chi connectivity index (χ0) is 54.1. The number of phosphoric acid groups is 1. The Morgan fingerprint density at radius 2 is 0.703 bits per heavy atom. The molecule has 11 nitrogen and oxygen atoms in total. The number of aliphatic hydroxyl groups is 1. The van der Waals surface area contributed by atoms with E-state index in [1.54, 1.807) is 0 Å². The first-order valence-corrected chi connectivity index (χ1v) is 31.0. The first-order valence-electron chi connectivity index (χ1n) is 29.5. The average Bonchev–Trinajstić information content (AvgIpc) is 3.39. The molecule has 0 aliphatic rings. The lowest BCUT2D eigenvalue weighted by Crippen LogP contribution is -2.30. The SMILES string of the molecule is CC/C=C\C/C=C\C/C=C\CCCCCC(=O)OC(CO)COP(=O)(O)OCC(COC(=O)CCCCCCC/C=C\C/C=C\CCCCC)OC(=O)CCCCCCCCCCC/C=C\C/C=C\CCCCC. The van der Waals surface area contributed by atoms with Gasteiger partial charge in [-0.3, -0.25) is 23.4 Å². The molecule has 0 saturated carbocycles. The largest absolute Gasteiger partial charge is 0.472 e. The highest BCUT2D eigenvalue weighted by molar-refractivity contribution is 7.47. The van der Waals surface area contributed by atoms with Gasteiger partial charge in [0.15, 0.2) is 6.10 Å². The van der Waals surface area contributed by atoms with Crippen LogP contribution >= 0.6 is 7.82 Å². The predicted octanol–water partition coefficient (Wildman–Crippen LogP) is 17.5. The normalized spacial score (nSPS) is 14.0. The predicted molar refractivity (Wildman–Crippen MR) is 307 cm³/mol. The van der Waals surface area contributed by atoms with Crippen LogP contribution in [0.1, 0.15) is 252 Å². The molecule has 3 unspecified atom stereocenters. The quantitative estimate of drug-likeness (QED) is 0.0197. The van der Waals surface area contributed by atoms with E-state index in [4.69, 9.17) is 23.3 Å². The molecule has 0 radical (unpaired) electrons. The van der Waals surface area contributed by atoms with Crippen LogP contribution < -0.4 is 0 Å². The molecule has 0 aliphatic carbocycles. The van der Waals surface area contributed by atoms with Crippen molar-refractivity contribution in [2.24, 2.45) is 0 Å². The molecule has 0 saturated heterocycles. The van der Waals surface area contributed by atoms with Crippen LogP contribution in [0, 0.1) is 0 Å². The smallest absolute Gasteiger partial charge is 0.462 e. The summed E-state index contributed by atoms with van der Waals surface area (Å²) in [6, 6.07) is 0. The van der Waals surface area contributed by atoms with Crippen molar-refractivity contribution in [3.8, 4) is 0 Å². The van der Waals surface area contributed by atoms with Gasteiger partial charge in [-0.1, -0.05) is 202 Å². The molecule has 0 aromatic heterocycles. The van der Waals surface area contributed by atoms with Gasteiger partial charge in [-0.2, -0.15) is 0 Å². The second kappa shape index (κ2) is 55.9. The summed E-state index contributed by atoms with van der Waals surface area (Å²) in [5.41, 5.74) is 0. The highest BCUT2D eigenvalue weighted by Gasteiger charge is 2.28. The number of hydrogen-bond donors (Lipinski definition) is 2. The number of esters is 3. The maximum Gasteiger partial charge on any atom is 0.472 e. The molecule has 0 spiro atoms. The van der Waals surface area contributed by atoms with Gasteiger partial charge in [-0.05, 0) is 116 Å². The molecule has 0 aromatic rings. The van der Waals surface area contributed by atoms with Crippen LogP contribution in [0.5, 0.6) is 0 Å². The van der Waals surface area contributed by atoms with Gasteiger partial charge >= 0.3 is 25.7 Å². The van der Waals surface area contributed by atoms with Crippen LogP contribution in [-0.4, -0.2) is 66.5 Å². The Balaban J connectivity index is 4.77. The van der Waals surface area contributed by atoms with E-state index in [1.807, 2.05) is 0 Å². The molecule has 0 aliphatic heterocycles. The Kier molecular flexibility index (Phi) is 53.4. The van der Waals surface area contributed by atoms with Gasteiger partial charge in [0, 0.05) is 19.3 Å². The van der Waals surface area contributed by atoms with Gasteiger partial charge in [0.05, 0.1) is 19.8 Å². The lowest BCUT2D eigenvalue weighted by atomic mass is 10.1. The second-order valence-electron chi connectivity index (χ2n) is 19.4. The van der Waals surface area contributed by atoms with Gasteiger partial charge in [-0.25, -0.2) is 4.57 Å². The molecule has 74 heavy (non-hydrogen) atoms. The zero-order valence-electron chi connectivity index (χ0n) is 47.0. The van der Waals surface area contributed by atoms with E-state index < -0.39 is 57.8 Å². The lowest BCUT2D eigenvalue weighted by molar-refractivity contribution is -0.161. The van der Waals surface area contributed by atoms with Crippen LogP contribution in [0.4, 0.5) is 0 Å². The fraction of sp³-hybridized carbons (Fsp3) is 0.726. The molecule has 0 fully saturated rings. The summed E-state index contributed by atoms with van der Waals surface area (Å²) in [6.07, 6.45) is 64.0. The van der Waals surface area contributed by atoms with Crippen molar-refractivity contribution in [3.05, 3.63) is 85.1 Å². The summed E-state index contributed by atoms with van der Waals surface area (Å²) < 4.78 is 39.5. The summed E-state index contributed by atoms with van der Waals surface area (Å²) in [4.78, 5) is 48.6. The van der Waals surface area contributed by atoms with Crippen LogP contribution in [0.15, 0.2) is 85.1 Å². The summed E-state index contributed by atoms with van der Waals surface area (Å²) in [5.74, 6) is -1.52. The van der Waals surface area contributed by atoms with E-state index in [0.29, 0.717) is 19.3 Å². The van der Waals surface area contributed by atoms with Gasteiger partial charge in [0.2, 0.25) is 0 Å². The van der Waals surface area contributed by atoms with E-state index >= 15 is 0 Å². The van der Waals surface area contributed by atoms with Crippen molar-refractivity contribution in [2.75, 3.05) is 26.4 Å². The van der Waals surface area contributed by atoms with Crippen molar-refractivity contribution in [3.63, 3.8) is 0 Å². The van der Waals surface area contributed by atoms with E-state index in [1.165, 1.54) is 77.0 Å². The fourth-order valence-corrected chi connectivity index (χ4v) is 8.57. The first-order chi connectivity index (χ1) is 36.2. The lowest BCUT2D eigenvalue weighted by Gasteiger charge is -2.21. The Labute approximate surface area is 451 Å². The molecule has 0 rings (SSSR count). The van der Waals surface area contributed by atoms with E-state index in [2.05, 4.69) is 106 Å². The number of allylic oxidation sites excluding steroid dienone is 14. The van der Waals surface area contributed by atoms with Crippen molar-refractivity contribution in [2.45, 2.75) is 264 Å². The molecule has 0 bridgehead atoms. The number of hydrogen-bond acceptors (Lipinski definition) is 10. The Hall–Kier alpha value is -3.34. The number of unbranched alkanes of at least 4 members (excludes halogenated alkanes) is 23. The third-order valence-electron chi connectivity index (χ3n) is 12.3. The number of rotatable bonds is 54. The number of phosphoric ester groups is 1. The minimum Gasteiger partial charge on any atom is -0.462 e. The van der Waals surface area contributed by atoms with Gasteiger partial charge in [0.25, 0.3) is 0 Å². The molecule has 0 amide bonds. The molecular weight excluding hydrogens is 952 g/mol. The second-order valence-corrected chi connectivity index (χ2v) is 20.9. The topological polar surface area (TPSA) is 155 Å². The van der Waals surface area contributed by atoms with Crippen molar-refractivity contribution >= 4 is 25.7 Å². The molecule has 0 heterocycles. The molecule has 426 valence electrons. The van der Waals surface area contributed by atoms with Gasteiger partial charge in [-0.15, -0.1) is 0 Å². The summed E-state index contributed by atoms with van der Waals surface area (Å²) in [6.45, 7) is 4.43. The van der Waals surface area contributed by atoms with Crippen molar-refractivity contribution < 1.29 is 52.2 Å². The Bertz CT molecular complexity index is 1560. The van der Waals surface area contributed by atoms with Crippen LogP contribution in [0.2, 0.25) is 0 Å². The zero-order valence-corrected chi connectivity index (χ0v) is 47.9. The summed E-state index contributed by atoms with van der Waals surface area (Å²) in [5, 5.41) is 9.80. The standard InChI is InChI=1S/C62H107O11P/c1-4-7-10-13-16-19-22-25-27-28-29-30-32-35-38-41-44-47-50-53-62(66)73-59(55-69-60(64)51-48-45-42-39-36-34-31-26-23-20-17-14-11-8-5-2)57-71-74(67,68)70-56-58(54-63)72-61(65)52-49-46-43-40-37-33-24-21-18-15-12-9-6-3/h9,12,16-21,25-27,31,33,37,58-59,63H,4-8,10-11,13-15,22-24,28-30,32,34-36,38-57H2,1-3H3,(H,67,68)/b12-9-,19-16-,20-17-,21-18-,27-25-,31-26-,37-33-. The van der Waals surface area contributed by atoms with E-state index in [9.17, 15) is 28.9 Å². The number of carbonyl (C=O) groups excluding carboxylic acids is 3. The number of ether oxygens (including phenoxy) is 3. The Morgan fingerprint density at radius 1 is 0.392 bits per heavy atom. The highest BCUT2D eigenvalue weighted by atomic mass is 31.2. The maximum absolute atomic E-state index is 12.9. The number of aliphatic hydroxyl groups excluding tert-OH is 1. The third kappa shape index (κ3) is 53.5. The van der Waals surface area contributed by atoms with Crippen molar-refractivity contribution in [1.29, 1.82) is 0 Å². The third-order valence-corrected chi connectivity index (χ3v) is 13.2. The number of carbonyl (C=O) groups is 3. The van der Waals surface area contributed by atoms with E-state index in [0.717, 1.165) is 116 Å². The maximum atomic E-state index is 12.9. The van der Waals surface area contributed by atoms with Crippen LogP contribution in [-0.2, 0) is 42.2 Å².